The molecule has 1 aliphatic rings. The Labute approximate surface area is 225 Å². The number of nitrogens with zero attached hydrogens (tertiary/aromatic N) is 2. The Morgan fingerprint density at radius 2 is 1.76 bits per heavy atom. The molecular weight excluding hydrogens is 502 g/mol. The maximum atomic E-state index is 13.3. The number of benzene rings is 3. The molecule has 1 saturated heterocycles. The van der Waals surface area contributed by atoms with Crippen molar-refractivity contribution in [3.05, 3.63) is 100 Å². The summed E-state index contributed by atoms with van der Waals surface area (Å²) in [7, 11) is 0. The molecule has 2 heterocycles. The monoisotopic (exact) mass is 527 g/mol. The summed E-state index contributed by atoms with van der Waals surface area (Å²) in [5, 5.41) is 3.61. The molecule has 4 aromatic rings. The molecule has 0 saturated carbocycles. The van der Waals surface area contributed by atoms with Gasteiger partial charge >= 0.3 is 6.03 Å². The Hall–Kier alpha value is -4.36. The summed E-state index contributed by atoms with van der Waals surface area (Å²) in [6.45, 7) is 5.17. The van der Waals surface area contributed by atoms with Crippen molar-refractivity contribution < 1.29 is 19.1 Å². The minimum absolute atomic E-state index is 0.134. The van der Waals surface area contributed by atoms with Gasteiger partial charge < -0.3 is 9.30 Å². The summed E-state index contributed by atoms with van der Waals surface area (Å²) in [5.74, 6) is -0.610. The second kappa shape index (κ2) is 10.6. The Morgan fingerprint density at radius 3 is 2.53 bits per heavy atom. The predicted molar refractivity (Wildman–Crippen MR) is 148 cm³/mol. The second-order valence-corrected chi connectivity index (χ2v) is 9.52. The quantitative estimate of drug-likeness (QED) is 0.239. The Bertz CT molecular complexity index is 1590. The number of hydrogen-bond donors (Lipinski definition) is 1. The molecule has 0 unspecified atom stereocenters. The van der Waals surface area contributed by atoms with Gasteiger partial charge in [-0.05, 0) is 73.0 Å². The number of imide groups is 2. The first-order valence-corrected chi connectivity index (χ1v) is 12.7. The highest BCUT2D eigenvalue weighted by Gasteiger charge is 2.37. The Kier molecular flexibility index (Phi) is 7.03. The third-order valence-electron chi connectivity index (χ3n) is 6.43. The maximum Gasteiger partial charge on any atom is 0.335 e. The van der Waals surface area contributed by atoms with Crippen LogP contribution >= 0.6 is 11.6 Å². The number of hydrogen-bond acceptors (Lipinski definition) is 4. The Morgan fingerprint density at radius 1 is 1.00 bits per heavy atom. The number of rotatable bonds is 7. The van der Waals surface area contributed by atoms with E-state index in [1.807, 2.05) is 41.1 Å². The molecule has 5 rings (SSSR count). The highest BCUT2D eigenvalue weighted by molar-refractivity contribution is 6.39. The molecule has 0 aliphatic carbocycles. The van der Waals surface area contributed by atoms with Crippen LogP contribution < -0.4 is 15.0 Å². The standard InChI is InChI=1S/C30H26ClN3O4/c1-3-20-14-19(2)15-24(16-20)38-13-12-33-18-21(25-6-4-5-7-27(25)33)17-26-28(35)32-30(37)34(29(26)36)23-10-8-22(31)9-11-23/h4-11,14-18H,3,12-13H2,1-2H3,(H,32,35,37). The van der Waals surface area contributed by atoms with Crippen LogP contribution in [0.2, 0.25) is 5.02 Å². The first kappa shape index (κ1) is 25.3. The number of ether oxygens (including phenoxy) is 1. The van der Waals surface area contributed by atoms with Crippen LogP contribution in [0.1, 0.15) is 23.6 Å². The van der Waals surface area contributed by atoms with Gasteiger partial charge in [0.2, 0.25) is 0 Å². The van der Waals surface area contributed by atoms with E-state index in [-0.39, 0.29) is 5.57 Å². The third kappa shape index (κ3) is 5.06. The van der Waals surface area contributed by atoms with Crippen LogP contribution in [0.4, 0.5) is 10.5 Å². The second-order valence-electron chi connectivity index (χ2n) is 9.09. The number of amides is 4. The van der Waals surface area contributed by atoms with Crippen LogP contribution in [0.25, 0.3) is 17.0 Å². The van der Waals surface area contributed by atoms with E-state index < -0.39 is 17.8 Å². The van der Waals surface area contributed by atoms with Gasteiger partial charge in [0.25, 0.3) is 11.8 Å². The molecule has 0 spiro atoms. The van der Waals surface area contributed by atoms with E-state index in [0.29, 0.717) is 29.4 Å². The zero-order chi connectivity index (χ0) is 26.8. The van der Waals surface area contributed by atoms with Gasteiger partial charge in [-0.3, -0.25) is 14.9 Å². The highest BCUT2D eigenvalue weighted by atomic mass is 35.5. The SMILES string of the molecule is CCc1cc(C)cc(OCCn2cc(C=C3C(=O)NC(=O)N(c4ccc(Cl)cc4)C3=O)c3ccccc32)c1. The molecule has 1 fully saturated rings. The first-order valence-electron chi connectivity index (χ1n) is 12.3. The highest BCUT2D eigenvalue weighted by Crippen LogP contribution is 2.27. The average molecular weight is 528 g/mol. The normalized spacial score (nSPS) is 14.9. The molecule has 1 aromatic heterocycles. The predicted octanol–water partition coefficient (Wildman–Crippen LogP) is 5.91. The fourth-order valence-corrected chi connectivity index (χ4v) is 4.71. The van der Waals surface area contributed by atoms with E-state index in [1.165, 1.54) is 11.6 Å². The number of anilines is 1. The van der Waals surface area contributed by atoms with Crippen molar-refractivity contribution in [3.8, 4) is 5.75 Å². The Balaban J connectivity index is 1.43. The number of carbonyl (C=O) groups excluding carboxylic acids is 3. The van der Waals surface area contributed by atoms with Crippen molar-refractivity contribution in [2.75, 3.05) is 11.5 Å². The number of aromatic nitrogens is 1. The van der Waals surface area contributed by atoms with Crippen LogP contribution in [0, 0.1) is 6.92 Å². The molecule has 4 amide bonds. The summed E-state index contributed by atoms with van der Waals surface area (Å²) in [6.07, 6.45) is 4.35. The number of halogens is 1. The maximum absolute atomic E-state index is 13.3. The minimum Gasteiger partial charge on any atom is -0.492 e. The molecule has 1 N–H and O–H groups in total. The zero-order valence-corrected chi connectivity index (χ0v) is 21.8. The topological polar surface area (TPSA) is 80.6 Å². The van der Waals surface area contributed by atoms with Gasteiger partial charge in [-0.25, -0.2) is 9.69 Å². The molecule has 0 atom stereocenters. The van der Waals surface area contributed by atoms with Crippen LogP contribution in [-0.4, -0.2) is 29.0 Å². The van der Waals surface area contributed by atoms with E-state index in [0.717, 1.165) is 33.5 Å². The largest absolute Gasteiger partial charge is 0.492 e. The number of para-hydroxylation sites is 1. The minimum atomic E-state index is -0.804. The van der Waals surface area contributed by atoms with Gasteiger partial charge in [0, 0.05) is 27.7 Å². The lowest BCUT2D eigenvalue weighted by Crippen LogP contribution is -2.54. The molecule has 7 nitrogen and oxygen atoms in total. The van der Waals surface area contributed by atoms with Crippen LogP contribution in [0.3, 0.4) is 0 Å². The van der Waals surface area contributed by atoms with Crippen molar-refractivity contribution in [1.29, 1.82) is 0 Å². The van der Waals surface area contributed by atoms with Crippen molar-refractivity contribution in [1.82, 2.24) is 9.88 Å². The number of barbiturate groups is 1. The van der Waals surface area contributed by atoms with Gasteiger partial charge in [0.05, 0.1) is 12.2 Å². The van der Waals surface area contributed by atoms with Crippen molar-refractivity contribution in [2.24, 2.45) is 0 Å². The fraction of sp³-hybridized carbons (Fsp3) is 0.167. The number of urea groups is 1. The van der Waals surface area contributed by atoms with Gasteiger partial charge in [-0.1, -0.05) is 42.8 Å². The van der Waals surface area contributed by atoms with Crippen LogP contribution in [0.5, 0.6) is 5.75 Å². The molecular formula is C30H26ClN3O4. The van der Waals surface area contributed by atoms with Crippen molar-refractivity contribution in [3.63, 3.8) is 0 Å². The van der Waals surface area contributed by atoms with E-state index in [2.05, 4.69) is 31.3 Å². The lowest BCUT2D eigenvalue weighted by molar-refractivity contribution is -0.122. The fourth-order valence-electron chi connectivity index (χ4n) is 4.59. The van der Waals surface area contributed by atoms with E-state index in [4.69, 9.17) is 16.3 Å². The number of carbonyl (C=O) groups is 3. The first-order chi connectivity index (χ1) is 18.3. The number of nitrogens with one attached hydrogen (secondary N) is 1. The summed E-state index contributed by atoms with van der Waals surface area (Å²) in [4.78, 5) is 39.5. The molecule has 0 radical (unpaired) electrons. The van der Waals surface area contributed by atoms with Gasteiger partial charge in [-0.2, -0.15) is 0 Å². The van der Waals surface area contributed by atoms with Crippen molar-refractivity contribution >= 4 is 52.1 Å². The van der Waals surface area contributed by atoms with E-state index >= 15 is 0 Å². The molecule has 3 aromatic carbocycles. The van der Waals surface area contributed by atoms with Gasteiger partial charge in [-0.15, -0.1) is 0 Å². The molecule has 38 heavy (non-hydrogen) atoms. The van der Waals surface area contributed by atoms with Crippen LogP contribution in [-0.2, 0) is 22.6 Å². The van der Waals surface area contributed by atoms with Gasteiger partial charge in [0.15, 0.2) is 0 Å². The van der Waals surface area contributed by atoms with E-state index in [1.54, 1.807) is 24.3 Å². The summed E-state index contributed by atoms with van der Waals surface area (Å²) < 4.78 is 8.08. The van der Waals surface area contributed by atoms with E-state index in [9.17, 15) is 14.4 Å². The molecule has 0 bridgehead atoms. The van der Waals surface area contributed by atoms with Crippen LogP contribution in [0.15, 0.2) is 78.5 Å². The summed E-state index contributed by atoms with van der Waals surface area (Å²) in [5.41, 5.74) is 4.19. The smallest absolute Gasteiger partial charge is 0.335 e. The summed E-state index contributed by atoms with van der Waals surface area (Å²) >= 11 is 5.95. The van der Waals surface area contributed by atoms with Crippen molar-refractivity contribution in [2.45, 2.75) is 26.8 Å². The van der Waals surface area contributed by atoms with Gasteiger partial charge in [0.1, 0.15) is 17.9 Å². The lowest BCUT2D eigenvalue weighted by Gasteiger charge is -2.26. The third-order valence-corrected chi connectivity index (χ3v) is 6.68. The average Bonchev–Trinajstić information content (AvgIpc) is 3.24. The molecule has 192 valence electrons. The number of fused-ring (bicyclic) bond motifs is 1. The summed E-state index contributed by atoms with van der Waals surface area (Å²) in [6, 6.07) is 19.4. The molecule has 1 aliphatic heterocycles. The zero-order valence-electron chi connectivity index (χ0n) is 21.0. The molecule has 8 heteroatoms. The lowest BCUT2D eigenvalue weighted by atomic mass is 10.1. The number of aryl methyl sites for hydroxylation is 2.